The van der Waals surface area contributed by atoms with E-state index in [9.17, 15) is 4.79 Å². The molecule has 1 fully saturated rings. The van der Waals surface area contributed by atoms with Crippen LogP contribution in [-0.4, -0.2) is 70.4 Å². The van der Waals surface area contributed by atoms with E-state index in [1.54, 1.807) is 0 Å². The molecule has 2 heterocycles. The number of imidazole rings is 1. The Hall–Kier alpha value is -0.438. The van der Waals surface area contributed by atoms with Crippen LogP contribution in [0.3, 0.4) is 0 Å². The van der Waals surface area contributed by atoms with Crippen molar-refractivity contribution in [3.05, 3.63) is 18.2 Å². The average molecular weight is 496 g/mol. The van der Waals surface area contributed by atoms with E-state index in [2.05, 4.69) is 30.7 Å². The number of amides is 1. The van der Waals surface area contributed by atoms with Crippen LogP contribution in [0.4, 0.5) is 0 Å². The monoisotopic (exact) mass is 496 g/mol. The zero-order valence-electron chi connectivity index (χ0n) is 13.6. The van der Waals surface area contributed by atoms with Crippen molar-refractivity contribution in [3.8, 4) is 0 Å². The summed E-state index contributed by atoms with van der Waals surface area (Å²) in [4.78, 5) is 18.9. The first kappa shape index (κ1) is 17.9. The van der Waals surface area contributed by atoms with Gasteiger partial charge in [0, 0.05) is 6.54 Å². The number of carbonyl (C=O) groups excluding carboxylic acids is 1. The van der Waals surface area contributed by atoms with Crippen molar-refractivity contribution >= 4 is 32.0 Å². The summed E-state index contributed by atoms with van der Waals surface area (Å²) in [6, 6.07) is 0. The first-order chi connectivity index (χ1) is 10.7. The summed E-state index contributed by atoms with van der Waals surface area (Å²) in [5.41, 5.74) is 1.23. The van der Waals surface area contributed by atoms with Crippen molar-refractivity contribution in [1.29, 1.82) is 0 Å². The summed E-state index contributed by atoms with van der Waals surface area (Å²) in [5, 5.41) is 3.03. The topological polar surface area (TPSA) is 50.2 Å². The van der Waals surface area contributed by atoms with Crippen molar-refractivity contribution in [2.24, 2.45) is 5.92 Å². The number of nitrogens with one attached hydrogen (secondary N) is 1. The predicted octanol–water partition coefficient (Wildman–Crippen LogP) is 1.38. The van der Waals surface area contributed by atoms with Crippen LogP contribution in [0.1, 0.15) is 44.7 Å². The van der Waals surface area contributed by atoms with Gasteiger partial charge in [-0.25, -0.2) is 0 Å². The van der Waals surface area contributed by atoms with Crippen molar-refractivity contribution in [3.63, 3.8) is 0 Å². The SMILES string of the molecule is CCCNC(=O)C1CCN(CCCCc2c[n]([Tl])cn2)CC1. The Kier molecular flexibility index (Phi) is 7.85. The molecule has 0 aliphatic carbocycles. The maximum absolute atomic E-state index is 11.9. The second-order valence-corrected chi connectivity index (χ2v) is 8.49. The van der Waals surface area contributed by atoms with E-state index in [1.807, 2.05) is 6.33 Å². The number of unbranched alkanes of at least 4 members (excludes halogenated alkanes) is 1. The van der Waals surface area contributed by atoms with E-state index in [0.29, 0.717) is 0 Å². The molecule has 0 spiro atoms. The normalized spacial score (nSPS) is 16.7. The molecule has 1 aliphatic heterocycles. The molecule has 0 radical (unpaired) electrons. The quantitative estimate of drug-likeness (QED) is 0.438. The molecule has 6 heteroatoms. The van der Waals surface area contributed by atoms with Crippen molar-refractivity contribution in [2.45, 2.75) is 45.4 Å². The van der Waals surface area contributed by atoms with Gasteiger partial charge in [-0.3, -0.25) is 4.79 Å². The molecular weight excluding hydrogens is 469 g/mol. The minimum atomic E-state index is 0.237. The van der Waals surface area contributed by atoms with E-state index in [0.717, 1.165) is 77.9 Å². The fourth-order valence-electron chi connectivity index (χ4n) is 2.96. The van der Waals surface area contributed by atoms with E-state index in [4.69, 9.17) is 0 Å². The number of nitrogens with zero attached hydrogens (tertiary/aromatic N) is 3. The van der Waals surface area contributed by atoms with Crippen molar-refractivity contribution in [2.75, 3.05) is 26.2 Å². The molecule has 0 atom stereocenters. The molecule has 22 heavy (non-hydrogen) atoms. The number of rotatable bonds is 8. The molecule has 1 saturated heterocycles. The van der Waals surface area contributed by atoms with Gasteiger partial charge in [-0.05, 0) is 6.42 Å². The van der Waals surface area contributed by atoms with E-state index in [1.165, 1.54) is 18.5 Å². The third-order valence-electron chi connectivity index (χ3n) is 4.32. The zero-order chi connectivity index (χ0) is 15.8. The van der Waals surface area contributed by atoms with Gasteiger partial charge in [0.05, 0.1) is 0 Å². The summed E-state index contributed by atoms with van der Waals surface area (Å²) in [5.74, 6) is 0.502. The van der Waals surface area contributed by atoms with Crippen molar-refractivity contribution in [1.82, 2.24) is 17.6 Å². The molecule has 0 bridgehead atoms. The Balaban J connectivity index is 1.56. The van der Waals surface area contributed by atoms with Crippen molar-refractivity contribution < 1.29 is 4.79 Å². The molecule has 5 nitrogen and oxygen atoms in total. The van der Waals surface area contributed by atoms with Gasteiger partial charge in [-0.2, -0.15) is 0 Å². The van der Waals surface area contributed by atoms with Gasteiger partial charge in [0.1, 0.15) is 0 Å². The number of hydrogen-bond acceptors (Lipinski definition) is 3. The molecule has 0 aromatic carbocycles. The van der Waals surface area contributed by atoms with Crippen LogP contribution < -0.4 is 5.32 Å². The van der Waals surface area contributed by atoms with E-state index < -0.39 is 0 Å². The summed E-state index contributed by atoms with van der Waals surface area (Å²) in [6.07, 6.45) is 10.7. The number of aromatic nitrogens is 2. The first-order valence-electron chi connectivity index (χ1n) is 8.47. The van der Waals surface area contributed by atoms with Gasteiger partial charge in [-0.1, -0.05) is 6.92 Å². The third-order valence-corrected chi connectivity index (χ3v) is 5.42. The van der Waals surface area contributed by atoms with Crippen LogP contribution in [0.15, 0.2) is 12.5 Å². The Morgan fingerprint density at radius 1 is 1.41 bits per heavy atom. The summed E-state index contributed by atoms with van der Waals surface area (Å²) < 4.78 is 2.17. The molecule has 1 N–H and O–H groups in total. The second-order valence-electron chi connectivity index (χ2n) is 6.18. The summed E-state index contributed by atoms with van der Waals surface area (Å²) >= 11 is 0.821. The van der Waals surface area contributed by atoms with Crippen LogP contribution in [0.2, 0.25) is 0 Å². The fourth-order valence-corrected chi connectivity index (χ4v) is 3.89. The standard InChI is InChI=1S/C16H28N4O.Tl/c1-2-8-18-16(21)14-6-10-20(11-7-14)9-4-3-5-15-12-17-13-19-15;/h12-14H,2-11H2,1H3,(H2,17,18,19,21);/q;+1/p-1. The summed E-state index contributed by atoms with van der Waals surface area (Å²) in [6.45, 7) is 6.21. The molecule has 0 unspecified atom stereocenters. The molecule has 120 valence electrons. The number of piperidine rings is 1. The molecule has 2 rings (SSSR count). The zero-order valence-corrected chi connectivity index (χ0v) is 18.1. The average Bonchev–Trinajstić information content (AvgIpc) is 2.95. The van der Waals surface area contributed by atoms with Crippen LogP contribution in [0, 0.1) is 5.92 Å². The molecule has 1 aromatic rings. The van der Waals surface area contributed by atoms with Crippen LogP contribution in [0.5, 0.6) is 0 Å². The van der Waals surface area contributed by atoms with Crippen LogP contribution in [0.25, 0.3) is 0 Å². The molecule has 1 amide bonds. The molecule has 0 saturated carbocycles. The number of aryl methyl sites for hydroxylation is 1. The third kappa shape index (κ3) is 5.98. The van der Waals surface area contributed by atoms with Gasteiger partial charge in [0.25, 0.3) is 0 Å². The Bertz CT molecular complexity index is 455. The minimum absolute atomic E-state index is 0.237. The summed E-state index contributed by atoms with van der Waals surface area (Å²) in [7, 11) is 0. The molecule has 1 aromatic heterocycles. The van der Waals surface area contributed by atoms with E-state index in [-0.39, 0.29) is 11.8 Å². The second kappa shape index (κ2) is 9.65. The van der Waals surface area contributed by atoms with Gasteiger partial charge >= 0.3 is 120 Å². The predicted molar refractivity (Wildman–Crippen MR) is 88.8 cm³/mol. The van der Waals surface area contributed by atoms with Gasteiger partial charge in [-0.15, -0.1) is 0 Å². The number of carbonyl (C=O) groups is 1. The van der Waals surface area contributed by atoms with Crippen LogP contribution in [-0.2, 0) is 11.2 Å². The fraction of sp³-hybridized carbons (Fsp3) is 0.750. The van der Waals surface area contributed by atoms with Crippen LogP contribution >= 0.6 is 0 Å². The Labute approximate surface area is 150 Å². The first-order valence-corrected chi connectivity index (χ1v) is 10.5. The van der Waals surface area contributed by atoms with E-state index >= 15 is 0 Å². The maximum atomic E-state index is 11.9. The number of likely N-dealkylation sites (tertiary alicyclic amines) is 1. The van der Waals surface area contributed by atoms with Gasteiger partial charge in [0.2, 0.25) is 0 Å². The Morgan fingerprint density at radius 3 is 2.82 bits per heavy atom. The number of hydrogen-bond donors (Lipinski definition) is 1. The van der Waals surface area contributed by atoms with Gasteiger partial charge < -0.3 is 5.32 Å². The van der Waals surface area contributed by atoms with Gasteiger partial charge in [0.15, 0.2) is 0 Å². The molecular formula is C16H27N4OTl. The Morgan fingerprint density at radius 2 is 2.18 bits per heavy atom. The molecule has 1 aliphatic rings.